The van der Waals surface area contributed by atoms with E-state index in [0.717, 1.165) is 43.1 Å². The molecule has 3 heterocycles. The summed E-state index contributed by atoms with van der Waals surface area (Å²) in [7, 11) is 0. The minimum Gasteiger partial charge on any atom is -0.384 e. The van der Waals surface area contributed by atoms with Crippen LogP contribution in [0.5, 0.6) is 0 Å². The predicted octanol–water partition coefficient (Wildman–Crippen LogP) is -0.0772. The quantitative estimate of drug-likeness (QED) is 0.592. The maximum atomic E-state index is 12.8. The predicted molar refractivity (Wildman–Crippen MR) is 105 cm³/mol. The van der Waals surface area contributed by atoms with Gasteiger partial charge in [-0.25, -0.2) is 0 Å². The monoisotopic (exact) mass is 399 g/mol. The highest BCUT2D eigenvalue weighted by molar-refractivity contribution is 6.23. The molecular weight excluding hydrogens is 374 g/mol. The summed E-state index contributed by atoms with van der Waals surface area (Å²) < 4.78 is 0. The Morgan fingerprint density at radius 1 is 1.03 bits per heavy atom. The van der Waals surface area contributed by atoms with Crippen LogP contribution in [0.2, 0.25) is 0 Å². The molecule has 3 aliphatic heterocycles. The van der Waals surface area contributed by atoms with Gasteiger partial charge in [-0.1, -0.05) is 0 Å². The van der Waals surface area contributed by atoms with E-state index in [1.54, 1.807) is 18.2 Å². The molecule has 1 unspecified atom stereocenters. The first-order valence-corrected chi connectivity index (χ1v) is 10.0. The summed E-state index contributed by atoms with van der Waals surface area (Å²) in [5.74, 6) is -1.97. The summed E-state index contributed by atoms with van der Waals surface area (Å²) in [4.78, 5) is 52.3. The zero-order valence-electron chi connectivity index (χ0n) is 16.1. The van der Waals surface area contributed by atoms with E-state index < -0.39 is 23.8 Å². The summed E-state index contributed by atoms with van der Waals surface area (Å²) in [5.41, 5.74) is 7.25. The topological polar surface area (TPSA) is 125 Å². The third kappa shape index (κ3) is 3.88. The molecule has 0 bridgehead atoms. The molecule has 2 saturated heterocycles. The van der Waals surface area contributed by atoms with Crippen molar-refractivity contribution < 1.29 is 19.2 Å². The Balaban J connectivity index is 1.40. The molecule has 9 nitrogen and oxygen atoms in total. The summed E-state index contributed by atoms with van der Waals surface area (Å²) >= 11 is 0. The van der Waals surface area contributed by atoms with E-state index in [2.05, 4.69) is 15.5 Å². The fraction of sp³-hybridized carbons (Fsp3) is 0.500. The number of amides is 4. The van der Waals surface area contributed by atoms with Crippen molar-refractivity contribution in [2.24, 2.45) is 5.73 Å². The van der Waals surface area contributed by atoms with Gasteiger partial charge in [0.1, 0.15) is 6.04 Å². The smallest absolute Gasteiger partial charge is 0.262 e. The Morgan fingerprint density at radius 2 is 1.76 bits per heavy atom. The van der Waals surface area contributed by atoms with Crippen molar-refractivity contribution in [3.8, 4) is 0 Å². The van der Waals surface area contributed by atoms with Crippen molar-refractivity contribution in [2.45, 2.75) is 37.8 Å². The number of carbonyl (C=O) groups is 4. The fourth-order valence-electron chi connectivity index (χ4n) is 4.12. The number of nitrogens with zero attached hydrogens (tertiary/aromatic N) is 2. The number of carbonyl (C=O) groups excluding carboxylic acids is 4. The number of nitrogens with two attached hydrogens (primary N) is 1. The molecule has 0 radical (unpaired) electrons. The molecule has 154 valence electrons. The number of piperidine rings is 2. The largest absolute Gasteiger partial charge is 0.384 e. The number of anilines is 1. The van der Waals surface area contributed by atoms with Gasteiger partial charge in [0.25, 0.3) is 11.8 Å². The lowest BCUT2D eigenvalue weighted by Crippen LogP contribution is -2.54. The van der Waals surface area contributed by atoms with E-state index in [1.165, 1.54) is 0 Å². The molecule has 1 atom stereocenters. The van der Waals surface area contributed by atoms with Crippen LogP contribution in [0.15, 0.2) is 18.2 Å². The Bertz CT molecular complexity index is 862. The number of benzene rings is 1. The average Bonchev–Trinajstić information content (AvgIpc) is 2.94. The SMILES string of the molecule is NC1CCN(CCNc2ccc3c(c2)C(=O)N(C2CCC(=O)NC2=O)C3=O)CC1. The van der Waals surface area contributed by atoms with Gasteiger partial charge in [0.15, 0.2) is 0 Å². The first kappa shape index (κ1) is 19.5. The maximum absolute atomic E-state index is 12.8. The molecule has 4 N–H and O–H groups in total. The van der Waals surface area contributed by atoms with Gasteiger partial charge >= 0.3 is 0 Å². The maximum Gasteiger partial charge on any atom is 0.262 e. The lowest BCUT2D eigenvalue weighted by Gasteiger charge is -2.30. The highest BCUT2D eigenvalue weighted by Crippen LogP contribution is 2.29. The summed E-state index contributed by atoms with van der Waals surface area (Å²) in [5, 5.41) is 5.50. The first-order valence-electron chi connectivity index (χ1n) is 10.0. The van der Waals surface area contributed by atoms with Gasteiger partial charge in [0, 0.05) is 31.2 Å². The summed E-state index contributed by atoms with van der Waals surface area (Å²) in [6.07, 6.45) is 2.27. The molecule has 3 aliphatic rings. The van der Waals surface area contributed by atoms with Crippen molar-refractivity contribution in [3.05, 3.63) is 29.3 Å². The molecule has 9 heteroatoms. The number of rotatable bonds is 5. The number of imide groups is 2. The van der Waals surface area contributed by atoms with Crippen molar-refractivity contribution in [1.82, 2.24) is 15.1 Å². The third-order valence-electron chi connectivity index (χ3n) is 5.83. The molecule has 0 spiro atoms. The molecule has 0 saturated carbocycles. The van der Waals surface area contributed by atoms with E-state index in [1.807, 2.05) is 0 Å². The lowest BCUT2D eigenvalue weighted by atomic mass is 10.0. The molecular formula is C20H25N5O4. The Hall–Kier alpha value is -2.78. The molecule has 29 heavy (non-hydrogen) atoms. The van der Waals surface area contributed by atoms with E-state index in [-0.39, 0.29) is 29.9 Å². The van der Waals surface area contributed by atoms with Gasteiger partial charge in [-0.05, 0) is 50.6 Å². The molecule has 1 aromatic carbocycles. The molecule has 1 aromatic rings. The second kappa shape index (κ2) is 7.92. The second-order valence-corrected chi connectivity index (χ2v) is 7.81. The van der Waals surface area contributed by atoms with Gasteiger partial charge in [-0.3, -0.25) is 29.4 Å². The van der Waals surface area contributed by atoms with Crippen molar-refractivity contribution in [2.75, 3.05) is 31.5 Å². The van der Waals surface area contributed by atoms with Gasteiger partial charge in [-0.15, -0.1) is 0 Å². The lowest BCUT2D eigenvalue weighted by molar-refractivity contribution is -0.136. The van der Waals surface area contributed by atoms with Gasteiger partial charge in [0.05, 0.1) is 11.1 Å². The van der Waals surface area contributed by atoms with Crippen molar-refractivity contribution >= 4 is 29.3 Å². The molecule has 0 aromatic heterocycles. The van der Waals surface area contributed by atoms with E-state index in [4.69, 9.17) is 5.73 Å². The van der Waals surface area contributed by atoms with Crippen LogP contribution in [0.1, 0.15) is 46.4 Å². The Labute approximate surface area is 168 Å². The number of nitrogens with one attached hydrogen (secondary N) is 2. The van der Waals surface area contributed by atoms with E-state index in [0.29, 0.717) is 12.6 Å². The molecule has 4 rings (SSSR count). The van der Waals surface area contributed by atoms with Crippen LogP contribution in [0.25, 0.3) is 0 Å². The van der Waals surface area contributed by atoms with Crippen LogP contribution in [0.3, 0.4) is 0 Å². The average molecular weight is 399 g/mol. The van der Waals surface area contributed by atoms with Gasteiger partial charge < -0.3 is 16.0 Å². The molecule has 4 amide bonds. The summed E-state index contributed by atoms with van der Waals surface area (Å²) in [6, 6.07) is 4.40. The van der Waals surface area contributed by atoms with Crippen LogP contribution < -0.4 is 16.4 Å². The first-order chi connectivity index (χ1) is 13.9. The van der Waals surface area contributed by atoms with Crippen LogP contribution in [-0.4, -0.2) is 71.7 Å². The Morgan fingerprint density at radius 3 is 2.48 bits per heavy atom. The number of likely N-dealkylation sites (tertiary alicyclic amines) is 1. The Kier molecular flexibility index (Phi) is 5.33. The van der Waals surface area contributed by atoms with Gasteiger partial charge in [0.2, 0.25) is 11.8 Å². The standard InChI is InChI=1S/C20H25N5O4/c21-12-5-8-24(9-6-12)10-7-22-13-1-2-14-15(11-13)20(29)25(19(14)28)16-3-4-17(26)23-18(16)27/h1-2,11-12,16,22H,3-10,21H2,(H,23,26,27). The minimum absolute atomic E-state index is 0.109. The minimum atomic E-state index is -0.943. The number of fused-ring (bicyclic) bond motifs is 1. The summed E-state index contributed by atoms with van der Waals surface area (Å²) in [6.45, 7) is 3.56. The van der Waals surface area contributed by atoms with Crippen LogP contribution in [0.4, 0.5) is 5.69 Å². The van der Waals surface area contributed by atoms with E-state index >= 15 is 0 Å². The zero-order chi connectivity index (χ0) is 20.5. The van der Waals surface area contributed by atoms with E-state index in [9.17, 15) is 19.2 Å². The fourth-order valence-corrected chi connectivity index (χ4v) is 4.12. The van der Waals surface area contributed by atoms with Crippen molar-refractivity contribution in [1.29, 1.82) is 0 Å². The number of hydrogen-bond acceptors (Lipinski definition) is 7. The highest BCUT2D eigenvalue weighted by Gasteiger charge is 2.44. The van der Waals surface area contributed by atoms with Crippen LogP contribution in [0, 0.1) is 0 Å². The molecule has 2 fully saturated rings. The third-order valence-corrected chi connectivity index (χ3v) is 5.83. The second-order valence-electron chi connectivity index (χ2n) is 7.81. The highest BCUT2D eigenvalue weighted by atomic mass is 16.2. The molecule has 0 aliphatic carbocycles. The normalized spacial score (nSPS) is 23.3. The van der Waals surface area contributed by atoms with Crippen molar-refractivity contribution in [3.63, 3.8) is 0 Å². The number of hydrogen-bond donors (Lipinski definition) is 3. The van der Waals surface area contributed by atoms with Crippen LogP contribution >= 0.6 is 0 Å². The van der Waals surface area contributed by atoms with Crippen LogP contribution in [-0.2, 0) is 9.59 Å². The zero-order valence-corrected chi connectivity index (χ0v) is 16.1. The van der Waals surface area contributed by atoms with Gasteiger partial charge in [-0.2, -0.15) is 0 Å².